The quantitative estimate of drug-likeness (QED) is 0.671. The molecule has 25 heavy (non-hydrogen) atoms. The Morgan fingerprint density at radius 3 is 2.44 bits per heavy atom. The van der Waals surface area contributed by atoms with Gasteiger partial charge in [0.05, 0.1) is 12.8 Å². The van der Waals surface area contributed by atoms with Crippen LogP contribution in [0.15, 0.2) is 65.1 Å². The Bertz CT molecular complexity index is 867. The lowest BCUT2D eigenvalue weighted by atomic mass is 10.2. The zero-order chi connectivity index (χ0) is 17.6. The van der Waals surface area contributed by atoms with Gasteiger partial charge < -0.3 is 15.4 Å². The van der Waals surface area contributed by atoms with Crippen molar-refractivity contribution in [3.05, 3.63) is 70.8 Å². The van der Waals surface area contributed by atoms with Crippen molar-refractivity contribution in [1.82, 2.24) is 10.2 Å². The standard InChI is InChI=1S/C18H15BrN4O2/c1-25-16-5-3-2-4-14(16)21-18(24)15-10-11-17(23-22-15)20-13-8-6-12(19)7-9-13/h2-11H,1H3,(H,20,23)(H,21,24). The summed E-state index contributed by atoms with van der Waals surface area (Å²) in [6.07, 6.45) is 0. The number of rotatable bonds is 5. The van der Waals surface area contributed by atoms with Crippen LogP contribution in [0.1, 0.15) is 10.5 Å². The van der Waals surface area contributed by atoms with Crippen LogP contribution >= 0.6 is 15.9 Å². The van der Waals surface area contributed by atoms with Crippen LogP contribution in [0.25, 0.3) is 0 Å². The number of carbonyl (C=O) groups is 1. The summed E-state index contributed by atoms with van der Waals surface area (Å²) in [4.78, 5) is 12.3. The number of carbonyl (C=O) groups excluding carboxylic acids is 1. The molecule has 0 saturated carbocycles. The van der Waals surface area contributed by atoms with Crippen molar-refractivity contribution in [1.29, 1.82) is 0 Å². The van der Waals surface area contributed by atoms with Gasteiger partial charge in [-0.15, -0.1) is 10.2 Å². The number of nitrogens with one attached hydrogen (secondary N) is 2. The average Bonchev–Trinajstić information content (AvgIpc) is 2.64. The van der Waals surface area contributed by atoms with Crippen LogP contribution in [0.4, 0.5) is 17.2 Å². The number of aromatic nitrogens is 2. The molecule has 0 spiro atoms. The third kappa shape index (κ3) is 4.33. The van der Waals surface area contributed by atoms with E-state index in [0.717, 1.165) is 10.2 Å². The van der Waals surface area contributed by atoms with Gasteiger partial charge in [0.15, 0.2) is 11.5 Å². The van der Waals surface area contributed by atoms with Crippen molar-refractivity contribution < 1.29 is 9.53 Å². The van der Waals surface area contributed by atoms with Crippen molar-refractivity contribution in [3.8, 4) is 5.75 Å². The van der Waals surface area contributed by atoms with Gasteiger partial charge in [-0.05, 0) is 48.5 Å². The molecule has 0 atom stereocenters. The lowest BCUT2D eigenvalue weighted by Gasteiger charge is -2.09. The number of methoxy groups -OCH3 is 1. The van der Waals surface area contributed by atoms with E-state index >= 15 is 0 Å². The predicted octanol–water partition coefficient (Wildman–Crippen LogP) is 4.24. The molecule has 0 radical (unpaired) electrons. The Morgan fingerprint density at radius 2 is 1.76 bits per heavy atom. The monoisotopic (exact) mass is 398 g/mol. The molecule has 0 saturated heterocycles. The zero-order valence-electron chi connectivity index (χ0n) is 13.4. The normalized spacial score (nSPS) is 10.2. The molecule has 0 aliphatic carbocycles. The number of hydrogen-bond donors (Lipinski definition) is 2. The molecular formula is C18H15BrN4O2. The molecule has 0 unspecified atom stereocenters. The third-order valence-corrected chi connectivity index (χ3v) is 3.90. The summed E-state index contributed by atoms with van der Waals surface area (Å²) in [5.41, 5.74) is 1.67. The van der Waals surface area contributed by atoms with E-state index < -0.39 is 0 Å². The van der Waals surface area contributed by atoms with Crippen molar-refractivity contribution in [2.75, 3.05) is 17.7 Å². The van der Waals surface area contributed by atoms with Crippen molar-refractivity contribution in [2.24, 2.45) is 0 Å². The van der Waals surface area contributed by atoms with Crippen LogP contribution in [0, 0.1) is 0 Å². The average molecular weight is 399 g/mol. The van der Waals surface area contributed by atoms with E-state index in [1.54, 1.807) is 31.4 Å². The highest BCUT2D eigenvalue weighted by Gasteiger charge is 2.11. The number of hydrogen-bond acceptors (Lipinski definition) is 5. The van der Waals surface area contributed by atoms with Crippen LogP contribution in [0.5, 0.6) is 5.75 Å². The molecule has 6 nitrogen and oxygen atoms in total. The van der Waals surface area contributed by atoms with E-state index in [1.807, 2.05) is 36.4 Å². The second-order valence-corrected chi connectivity index (χ2v) is 6.01. The van der Waals surface area contributed by atoms with E-state index in [1.165, 1.54) is 0 Å². The van der Waals surface area contributed by atoms with Gasteiger partial charge in [0.25, 0.3) is 5.91 Å². The molecule has 3 rings (SSSR count). The van der Waals surface area contributed by atoms with Gasteiger partial charge in [-0.3, -0.25) is 4.79 Å². The first-order valence-electron chi connectivity index (χ1n) is 7.46. The summed E-state index contributed by atoms with van der Waals surface area (Å²) in [6, 6.07) is 18.1. The molecule has 126 valence electrons. The van der Waals surface area contributed by atoms with E-state index in [4.69, 9.17) is 4.74 Å². The number of nitrogens with zero attached hydrogens (tertiary/aromatic N) is 2. The predicted molar refractivity (Wildman–Crippen MR) is 100 cm³/mol. The maximum atomic E-state index is 12.3. The molecular weight excluding hydrogens is 384 g/mol. The lowest BCUT2D eigenvalue weighted by Crippen LogP contribution is -2.15. The molecule has 2 aromatic carbocycles. The number of para-hydroxylation sites is 2. The Kier molecular flexibility index (Phi) is 5.25. The number of amides is 1. The number of ether oxygens (including phenoxy) is 1. The van der Waals surface area contributed by atoms with Crippen molar-refractivity contribution in [2.45, 2.75) is 0 Å². The first-order chi connectivity index (χ1) is 12.2. The molecule has 0 aliphatic rings. The molecule has 1 aromatic heterocycles. The Labute approximate surface area is 153 Å². The van der Waals surface area contributed by atoms with Crippen molar-refractivity contribution >= 4 is 39.0 Å². The molecule has 0 bridgehead atoms. The summed E-state index contributed by atoms with van der Waals surface area (Å²) in [6.45, 7) is 0. The maximum Gasteiger partial charge on any atom is 0.276 e. The van der Waals surface area contributed by atoms with Gasteiger partial charge >= 0.3 is 0 Å². The summed E-state index contributed by atoms with van der Waals surface area (Å²) in [5, 5.41) is 13.9. The van der Waals surface area contributed by atoms with Crippen LogP contribution in [0.3, 0.4) is 0 Å². The minimum atomic E-state index is -0.354. The van der Waals surface area contributed by atoms with Gasteiger partial charge in [-0.1, -0.05) is 28.1 Å². The summed E-state index contributed by atoms with van der Waals surface area (Å²) in [7, 11) is 1.55. The highest BCUT2D eigenvalue weighted by Crippen LogP contribution is 2.23. The Morgan fingerprint density at radius 1 is 1.00 bits per heavy atom. The van der Waals surface area contributed by atoms with Crippen LogP contribution in [-0.2, 0) is 0 Å². The van der Waals surface area contributed by atoms with E-state index in [0.29, 0.717) is 17.3 Å². The minimum Gasteiger partial charge on any atom is -0.495 e. The molecule has 1 heterocycles. The largest absolute Gasteiger partial charge is 0.495 e. The topological polar surface area (TPSA) is 76.1 Å². The first kappa shape index (κ1) is 16.9. The van der Waals surface area contributed by atoms with Crippen LogP contribution < -0.4 is 15.4 Å². The SMILES string of the molecule is COc1ccccc1NC(=O)c1ccc(Nc2ccc(Br)cc2)nn1. The molecule has 3 aromatic rings. The zero-order valence-corrected chi connectivity index (χ0v) is 14.9. The number of halogens is 1. The van der Waals surface area contributed by atoms with E-state index in [9.17, 15) is 4.79 Å². The van der Waals surface area contributed by atoms with Crippen LogP contribution in [-0.4, -0.2) is 23.2 Å². The number of benzene rings is 2. The fourth-order valence-corrected chi connectivity index (χ4v) is 2.40. The maximum absolute atomic E-state index is 12.3. The highest BCUT2D eigenvalue weighted by molar-refractivity contribution is 9.10. The summed E-state index contributed by atoms with van der Waals surface area (Å²) >= 11 is 3.38. The fraction of sp³-hybridized carbons (Fsp3) is 0.0556. The lowest BCUT2D eigenvalue weighted by molar-refractivity contribution is 0.102. The molecule has 7 heteroatoms. The van der Waals surface area contributed by atoms with Gasteiger partial charge in [0.2, 0.25) is 0 Å². The van der Waals surface area contributed by atoms with Gasteiger partial charge in [0.1, 0.15) is 5.75 Å². The van der Waals surface area contributed by atoms with Gasteiger partial charge in [-0.2, -0.15) is 0 Å². The Balaban J connectivity index is 1.69. The fourth-order valence-electron chi connectivity index (χ4n) is 2.14. The Hall–Kier alpha value is -2.93. The molecule has 0 aliphatic heterocycles. The number of anilines is 3. The van der Waals surface area contributed by atoms with E-state index in [2.05, 4.69) is 36.8 Å². The van der Waals surface area contributed by atoms with Gasteiger partial charge in [0, 0.05) is 10.2 Å². The van der Waals surface area contributed by atoms with Crippen molar-refractivity contribution in [3.63, 3.8) is 0 Å². The second-order valence-electron chi connectivity index (χ2n) is 5.09. The highest BCUT2D eigenvalue weighted by atomic mass is 79.9. The summed E-state index contributed by atoms with van der Waals surface area (Å²) in [5.74, 6) is 0.778. The van der Waals surface area contributed by atoms with E-state index in [-0.39, 0.29) is 11.6 Å². The molecule has 2 N–H and O–H groups in total. The smallest absolute Gasteiger partial charge is 0.276 e. The summed E-state index contributed by atoms with van der Waals surface area (Å²) < 4.78 is 6.20. The molecule has 0 fully saturated rings. The minimum absolute atomic E-state index is 0.215. The first-order valence-corrected chi connectivity index (χ1v) is 8.26. The van der Waals surface area contributed by atoms with Gasteiger partial charge in [-0.25, -0.2) is 0 Å². The second kappa shape index (κ2) is 7.76. The molecule has 1 amide bonds. The third-order valence-electron chi connectivity index (χ3n) is 3.37. The van der Waals surface area contributed by atoms with Crippen LogP contribution in [0.2, 0.25) is 0 Å².